The van der Waals surface area contributed by atoms with Gasteiger partial charge in [-0.25, -0.2) is 0 Å². The summed E-state index contributed by atoms with van der Waals surface area (Å²) in [5, 5.41) is 0.815. The number of rotatable bonds is 1. The molecular weight excluding hydrogens is 220 g/mol. The fourth-order valence-electron chi connectivity index (χ4n) is 1.07. The van der Waals surface area contributed by atoms with Crippen LogP contribution in [0.5, 0.6) is 0 Å². The van der Waals surface area contributed by atoms with E-state index in [1.54, 1.807) is 0 Å². The highest BCUT2D eigenvalue weighted by atomic mass is 79.9. The summed E-state index contributed by atoms with van der Waals surface area (Å²) in [4.78, 5) is 4.01. The lowest BCUT2D eigenvalue weighted by molar-refractivity contribution is 0.626. The van der Waals surface area contributed by atoms with Gasteiger partial charge in [0, 0.05) is 5.33 Å². The van der Waals surface area contributed by atoms with E-state index in [4.69, 9.17) is 10.2 Å². The first-order valence-corrected chi connectivity index (χ1v) is 4.62. The molecule has 62 valence electrons. The highest BCUT2D eigenvalue weighted by Crippen LogP contribution is 2.19. The number of alkyl halides is 1. The molecule has 0 bridgehead atoms. The van der Waals surface area contributed by atoms with Gasteiger partial charge in [-0.3, -0.25) is 0 Å². The van der Waals surface area contributed by atoms with Crippen molar-refractivity contribution in [3.8, 4) is 0 Å². The number of nitrogen functional groups attached to an aromatic ring is 1. The first-order valence-electron chi connectivity index (χ1n) is 3.50. The van der Waals surface area contributed by atoms with E-state index in [-0.39, 0.29) is 6.01 Å². The van der Waals surface area contributed by atoms with Gasteiger partial charge in [0.1, 0.15) is 5.52 Å². The fourth-order valence-corrected chi connectivity index (χ4v) is 1.42. The summed E-state index contributed by atoms with van der Waals surface area (Å²) in [7, 11) is 0. The second kappa shape index (κ2) is 2.79. The Morgan fingerprint density at radius 2 is 2.33 bits per heavy atom. The quantitative estimate of drug-likeness (QED) is 0.760. The van der Waals surface area contributed by atoms with E-state index in [9.17, 15) is 0 Å². The standard InChI is InChI=1S/C8H7BrN2O/c9-4-5-1-2-7-6(3-5)11-8(10)12-7/h1-3H,4H2,(H2,10,11). The summed E-state index contributed by atoms with van der Waals surface area (Å²) in [5.74, 6) is 0. The van der Waals surface area contributed by atoms with Crippen LogP contribution in [0, 0.1) is 0 Å². The Hall–Kier alpha value is -1.03. The number of nitrogens with zero attached hydrogens (tertiary/aromatic N) is 1. The van der Waals surface area contributed by atoms with Crippen LogP contribution in [0.15, 0.2) is 22.6 Å². The van der Waals surface area contributed by atoms with E-state index >= 15 is 0 Å². The van der Waals surface area contributed by atoms with Gasteiger partial charge in [0.25, 0.3) is 6.01 Å². The summed E-state index contributed by atoms with van der Waals surface area (Å²) in [5.41, 5.74) is 8.10. The Bertz CT molecular complexity index is 410. The monoisotopic (exact) mass is 226 g/mol. The number of hydrogen-bond acceptors (Lipinski definition) is 3. The van der Waals surface area contributed by atoms with Crippen molar-refractivity contribution in [1.29, 1.82) is 0 Å². The minimum absolute atomic E-state index is 0.219. The normalized spacial score (nSPS) is 10.8. The van der Waals surface area contributed by atoms with Gasteiger partial charge in [0.2, 0.25) is 0 Å². The third kappa shape index (κ3) is 1.18. The average molecular weight is 227 g/mol. The molecule has 0 spiro atoms. The van der Waals surface area contributed by atoms with Crippen LogP contribution in [0.2, 0.25) is 0 Å². The summed E-state index contributed by atoms with van der Waals surface area (Å²) < 4.78 is 5.12. The molecule has 0 saturated heterocycles. The predicted octanol–water partition coefficient (Wildman–Crippen LogP) is 2.30. The van der Waals surface area contributed by atoms with Crippen molar-refractivity contribution < 1.29 is 4.42 Å². The van der Waals surface area contributed by atoms with Crippen LogP contribution in [-0.4, -0.2) is 4.98 Å². The first kappa shape index (κ1) is 7.61. The van der Waals surface area contributed by atoms with E-state index in [2.05, 4.69) is 20.9 Å². The van der Waals surface area contributed by atoms with Crippen LogP contribution >= 0.6 is 15.9 Å². The minimum atomic E-state index is 0.219. The van der Waals surface area contributed by atoms with E-state index < -0.39 is 0 Å². The molecule has 0 atom stereocenters. The van der Waals surface area contributed by atoms with E-state index in [1.165, 1.54) is 0 Å². The van der Waals surface area contributed by atoms with E-state index in [1.807, 2.05) is 18.2 Å². The summed E-state index contributed by atoms with van der Waals surface area (Å²) in [6.07, 6.45) is 0. The van der Waals surface area contributed by atoms with Crippen LogP contribution in [-0.2, 0) is 5.33 Å². The molecule has 4 heteroatoms. The van der Waals surface area contributed by atoms with Crippen LogP contribution in [0.3, 0.4) is 0 Å². The fraction of sp³-hybridized carbons (Fsp3) is 0.125. The zero-order chi connectivity index (χ0) is 8.55. The predicted molar refractivity (Wildman–Crippen MR) is 51.1 cm³/mol. The van der Waals surface area contributed by atoms with Crippen LogP contribution in [0.1, 0.15) is 5.56 Å². The molecule has 1 heterocycles. The Balaban J connectivity index is 2.66. The molecule has 2 N–H and O–H groups in total. The molecule has 0 unspecified atom stereocenters. The molecular formula is C8H7BrN2O. The second-order valence-electron chi connectivity index (χ2n) is 2.49. The molecule has 1 aromatic heterocycles. The Morgan fingerprint density at radius 3 is 3.08 bits per heavy atom. The highest BCUT2D eigenvalue weighted by molar-refractivity contribution is 9.08. The average Bonchev–Trinajstić information content (AvgIpc) is 2.43. The molecule has 0 amide bonds. The number of benzene rings is 1. The third-order valence-electron chi connectivity index (χ3n) is 1.62. The summed E-state index contributed by atoms with van der Waals surface area (Å²) in [6.45, 7) is 0. The lowest BCUT2D eigenvalue weighted by Crippen LogP contribution is -1.81. The molecule has 12 heavy (non-hydrogen) atoms. The second-order valence-corrected chi connectivity index (χ2v) is 3.05. The highest BCUT2D eigenvalue weighted by Gasteiger charge is 2.01. The van der Waals surface area contributed by atoms with Gasteiger partial charge in [0.05, 0.1) is 0 Å². The zero-order valence-corrected chi connectivity index (χ0v) is 7.84. The largest absolute Gasteiger partial charge is 0.424 e. The molecule has 0 aliphatic heterocycles. The van der Waals surface area contributed by atoms with Crippen molar-refractivity contribution in [3.05, 3.63) is 23.8 Å². The zero-order valence-electron chi connectivity index (χ0n) is 6.25. The van der Waals surface area contributed by atoms with Crippen molar-refractivity contribution in [1.82, 2.24) is 4.98 Å². The molecule has 0 aliphatic carbocycles. The maximum absolute atomic E-state index is 5.39. The van der Waals surface area contributed by atoms with Gasteiger partial charge in [-0.2, -0.15) is 4.98 Å². The Labute approximate surface area is 77.7 Å². The molecule has 3 nitrogen and oxygen atoms in total. The number of oxazole rings is 1. The molecule has 0 saturated carbocycles. The van der Waals surface area contributed by atoms with Crippen molar-refractivity contribution >= 4 is 33.0 Å². The topological polar surface area (TPSA) is 52.0 Å². The molecule has 1 aromatic carbocycles. The molecule has 2 rings (SSSR count). The Morgan fingerprint density at radius 1 is 1.50 bits per heavy atom. The van der Waals surface area contributed by atoms with Crippen molar-refractivity contribution in [2.24, 2.45) is 0 Å². The number of anilines is 1. The third-order valence-corrected chi connectivity index (χ3v) is 2.27. The lowest BCUT2D eigenvalue weighted by Gasteiger charge is -1.91. The lowest BCUT2D eigenvalue weighted by atomic mass is 10.2. The number of nitrogens with two attached hydrogens (primary N) is 1. The summed E-state index contributed by atoms with van der Waals surface area (Å²) >= 11 is 3.36. The van der Waals surface area contributed by atoms with Crippen LogP contribution in [0.4, 0.5) is 6.01 Å². The molecule has 2 aromatic rings. The van der Waals surface area contributed by atoms with Crippen LogP contribution < -0.4 is 5.73 Å². The molecule has 0 fully saturated rings. The van der Waals surface area contributed by atoms with E-state index in [0.29, 0.717) is 0 Å². The minimum Gasteiger partial charge on any atom is -0.424 e. The van der Waals surface area contributed by atoms with Gasteiger partial charge in [-0.05, 0) is 17.7 Å². The number of hydrogen-bond donors (Lipinski definition) is 1. The maximum Gasteiger partial charge on any atom is 0.292 e. The number of aromatic nitrogens is 1. The van der Waals surface area contributed by atoms with Gasteiger partial charge >= 0.3 is 0 Å². The summed E-state index contributed by atoms with van der Waals surface area (Å²) in [6, 6.07) is 6.01. The Kier molecular flexibility index (Phi) is 1.77. The van der Waals surface area contributed by atoms with Crippen molar-refractivity contribution in [3.63, 3.8) is 0 Å². The smallest absolute Gasteiger partial charge is 0.292 e. The van der Waals surface area contributed by atoms with Gasteiger partial charge < -0.3 is 10.2 Å². The first-order chi connectivity index (χ1) is 5.79. The SMILES string of the molecule is Nc1nc2cc(CBr)ccc2o1. The number of halogens is 1. The van der Waals surface area contributed by atoms with Gasteiger partial charge in [-0.1, -0.05) is 22.0 Å². The van der Waals surface area contributed by atoms with Crippen LogP contribution in [0.25, 0.3) is 11.1 Å². The number of fused-ring (bicyclic) bond motifs is 1. The van der Waals surface area contributed by atoms with Gasteiger partial charge in [0.15, 0.2) is 5.58 Å². The maximum atomic E-state index is 5.39. The van der Waals surface area contributed by atoms with E-state index in [0.717, 1.165) is 22.0 Å². The molecule has 0 radical (unpaired) electrons. The van der Waals surface area contributed by atoms with Gasteiger partial charge in [-0.15, -0.1) is 0 Å². The van der Waals surface area contributed by atoms with Crippen molar-refractivity contribution in [2.45, 2.75) is 5.33 Å². The van der Waals surface area contributed by atoms with Crippen molar-refractivity contribution in [2.75, 3.05) is 5.73 Å². The molecule has 0 aliphatic rings.